The molecule has 0 aliphatic rings. The molecule has 48 valence electrons. The van der Waals surface area contributed by atoms with E-state index in [2.05, 4.69) is 0 Å². The summed E-state index contributed by atoms with van der Waals surface area (Å²) in [5.74, 6) is 0. The highest BCUT2D eigenvalue weighted by Gasteiger charge is 1.82. The van der Waals surface area contributed by atoms with Crippen LogP contribution in [0.5, 0.6) is 0 Å². The van der Waals surface area contributed by atoms with Crippen LogP contribution in [0.2, 0.25) is 0 Å². The lowest BCUT2D eigenvalue weighted by atomic mass is 10.5. The van der Waals surface area contributed by atoms with Crippen LogP contribution in [0.3, 0.4) is 0 Å². The van der Waals surface area contributed by atoms with Gasteiger partial charge in [0.2, 0.25) is 0 Å². The molecule has 0 aliphatic heterocycles. The van der Waals surface area contributed by atoms with E-state index < -0.39 is 0 Å². The van der Waals surface area contributed by atoms with Crippen molar-refractivity contribution in [1.29, 1.82) is 5.41 Å². The molecule has 1 rings (SSSR count). The zero-order valence-electron chi connectivity index (χ0n) is 5.16. The maximum Gasteiger partial charge on any atom is 0.160 e. The summed E-state index contributed by atoms with van der Waals surface area (Å²) >= 11 is 0. The molecule has 0 bridgehead atoms. The summed E-state index contributed by atoms with van der Waals surface area (Å²) in [6, 6.07) is 5.25. The van der Waals surface area contributed by atoms with Crippen LogP contribution >= 0.6 is 0 Å². The molecule has 0 radical (unpaired) electrons. The van der Waals surface area contributed by atoms with Gasteiger partial charge < -0.3 is 4.84 Å². The molecule has 0 fully saturated rings. The second-order valence-electron chi connectivity index (χ2n) is 1.59. The van der Waals surface area contributed by atoms with Crippen LogP contribution in [0.25, 0.3) is 0 Å². The quantitative estimate of drug-likeness (QED) is 0.563. The van der Waals surface area contributed by atoms with E-state index in [1.165, 1.54) is 11.8 Å². The van der Waals surface area contributed by atoms with Gasteiger partial charge in [0.05, 0.1) is 0 Å². The molecule has 0 saturated heterocycles. The topological polar surface area (TPSA) is 38.0 Å². The lowest BCUT2D eigenvalue weighted by molar-refractivity contribution is 0.153. The maximum atomic E-state index is 7.21. The van der Waals surface area contributed by atoms with Gasteiger partial charge in [-0.2, -0.15) is 4.73 Å². The average Bonchev–Trinajstić information content (AvgIpc) is 1.89. The smallest absolute Gasteiger partial charge is 0.160 e. The lowest BCUT2D eigenvalue weighted by Gasteiger charge is -2.00. The normalized spacial score (nSPS) is 9.00. The monoisotopic (exact) mass is 124 g/mol. The molecule has 0 unspecified atom stereocenters. The van der Waals surface area contributed by atoms with Crippen molar-refractivity contribution in [3.8, 4) is 0 Å². The third-order valence-electron chi connectivity index (χ3n) is 1.02. The van der Waals surface area contributed by atoms with E-state index in [0.717, 1.165) is 0 Å². The van der Waals surface area contributed by atoms with Gasteiger partial charge in [-0.3, -0.25) is 5.41 Å². The predicted molar refractivity (Wildman–Crippen MR) is 32.8 cm³/mol. The molecular formula is C6H8N2O. The number of hydrogen-bond donors (Lipinski definition) is 1. The number of hydrogen-bond acceptors (Lipinski definition) is 2. The van der Waals surface area contributed by atoms with Crippen molar-refractivity contribution < 1.29 is 4.84 Å². The first-order chi connectivity index (χ1) is 4.34. The minimum atomic E-state index is 0.347. The Balaban J connectivity index is 3.16. The van der Waals surface area contributed by atoms with Gasteiger partial charge in [0, 0.05) is 6.20 Å². The van der Waals surface area contributed by atoms with Crippen molar-refractivity contribution in [2.75, 3.05) is 7.11 Å². The fraction of sp³-hybridized carbons (Fsp3) is 0.167. The fourth-order valence-corrected chi connectivity index (χ4v) is 0.588. The second kappa shape index (κ2) is 2.35. The summed E-state index contributed by atoms with van der Waals surface area (Å²) < 4.78 is 1.38. The lowest BCUT2D eigenvalue weighted by Crippen LogP contribution is -2.22. The van der Waals surface area contributed by atoms with Crippen molar-refractivity contribution in [1.82, 2.24) is 4.73 Å². The molecule has 0 aliphatic carbocycles. The van der Waals surface area contributed by atoms with Crippen molar-refractivity contribution in [2.24, 2.45) is 0 Å². The van der Waals surface area contributed by atoms with E-state index in [9.17, 15) is 0 Å². The van der Waals surface area contributed by atoms with Gasteiger partial charge in [-0.1, -0.05) is 6.07 Å². The molecular weight excluding hydrogens is 116 g/mol. The molecule has 0 atom stereocenters. The Kier molecular flexibility index (Phi) is 1.53. The van der Waals surface area contributed by atoms with Crippen LogP contribution in [-0.4, -0.2) is 11.8 Å². The fourth-order valence-electron chi connectivity index (χ4n) is 0.588. The number of rotatable bonds is 1. The molecule has 1 aromatic rings. The van der Waals surface area contributed by atoms with Crippen LogP contribution in [0.15, 0.2) is 24.4 Å². The predicted octanol–water partition coefficient (Wildman–Crippen LogP) is 0.0260. The SMILES string of the molecule is COn1ccccc1=N. The Labute approximate surface area is 53.0 Å². The van der Waals surface area contributed by atoms with Gasteiger partial charge in [-0.05, 0) is 12.1 Å². The molecule has 1 N–H and O–H groups in total. The van der Waals surface area contributed by atoms with Gasteiger partial charge in [0.25, 0.3) is 0 Å². The highest BCUT2D eigenvalue weighted by molar-refractivity contribution is 4.89. The molecule has 0 saturated carbocycles. The zero-order chi connectivity index (χ0) is 6.69. The first-order valence-electron chi connectivity index (χ1n) is 2.61. The van der Waals surface area contributed by atoms with Gasteiger partial charge in [0.15, 0.2) is 5.49 Å². The maximum absolute atomic E-state index is 7.21. The summed E-state index contributed by atoms with van der Waals surface area (Å²) in [7, 11) is 1.53. The molecule has 0 aromatic carbocycles. The highest BCUT2D eigenvalue weighted by Crippen LogP contribution is 1.74. The van der Waals surface area contributed by atoms with Crippen molar-refractivity contribution in [3.63, 3.8) is 0 Å². The van der Waals surface area contributed by atoms with E-state index in [1.807, 2.05) is 6.07 Å². The molecule has 0 amide bonds. The Bertz CT molecular complexity index is 241. The molecule has 3 heteroatoms. The number of nitrogens with one attached hydrogen (secondary N) is 1. The minimum Gasteiger partial charge on any atom is -0.416 e. The van der Waals surface area contributed by atoms with E-state index >= 15 is 0 Å². The van der Waals surface area contributed by atoms with Crippen molar-refractivity contribution >= 4 is 0 Å². The molecule has 0 spiro atoms. The third-order valence-corrected chi connectivity index (χ3v) is 1.02. The Morgan fingerprint density at radius 3 is 2.78 bits per heavy atom. The average molecular weight is 124 g/mol. The van der Waals surface area contributed by atoms with E-state index in [4.69, 9.17) is 10.2 Å². The summed E-state index contributed by atoms with van der Waals surface area (Å²) in [4.78, 5) is 4.77. The Morgan fingerprint density at radius 2 is 2.33 bits per heavy atom. The van der Waals surface area contributed by atoms with Gasteiger partial charge in [-0.25, -0.2) is 0 Å². The van der Waals surface area contributed by atoms with Gasteiger partial charge >= 0.3 is 0 Å². The summed E-state index contributed by atoms with van der Waals surface area (Å²) in [6.07, 6.45) is 1.68. The van der Waals surface area contributed by atoms with E-state index in [-0.39, 0.29) is 0 Å². The largest absolute Gasteiger partial charge is 0.416 e. The molecule has 1 aromatic heterocycles. The highest BCUT2D eigenvalue weighted by atomic mass is 16.6. The van der Waals surface area contributed by atoms with Crippen molar-refractivity contribution in [2.45, 2.75) is 0 Å². The van der Waals surface area contributed by atoms with Gasteiger partial charge in [-0.15, -0.1) is 0 Å². The summed E-state index contributed by atoms with van der Waals surface area (Å²) in [6.45, 7) is 0. The van der Waals surface area contributed by atoms with E-state index in [1.54, 1.807) is 18.3 Å². The number of nitrogens with zero attached hydrogens (tertiary/aromatic N) is 1. The Hall–Kier alpha value is -1.25. The van der Waals surface area contributed by atoms with Gasteiger partial charge in [0.1, 0.15) is 7.11 Å². The van der Waals surface area contributed by atoms with Crippen LogP contribution < -0.4 is 10.3 Å². The van der Waals surface area contributed by atoms with Crippen LogP contribution in [-0.2, 0) is 0 Å². The summed E-state index contributed by atoms with van der Waals surface area (Å²) in [5.41, 5.74) is 0.347. The second-order valence-corrected chi connectivity index (χ2v) is 1.59. The molecule has 1 heterocycles. The Morgan fingerprint density at radius 1 is 1.56 bits per heavy atom. The zero-order valence-corrected chi connectivity index (χ0v) is 5.16. The van der Waals surface area contributed by atoms with Crippen LogP contribution in [0, 0.1) is 5.41 Å². The molecule has 9 heavy (non-hydrogen) atoms. The van der Waals surface area contributed by atoms with Crippen LogP contribution in [0.4, 0.5) is 0 Å². The number of pyridine rings is 1. The van der Waals surface area contributed by atoms with Crippen LogP contribution in [0.1, 0.15) is 0 Å². The van der Waals surface area contributed by atoms with Crippen molar-refractivity contribution in [3.05, 3.63) is 29.9 Å². The first-order valence-corrected chi connectivity index (χ1v) is 2.61. The standard InChI is InChI=1S/C6H8N2O/c1-9-8-5-3-2-4-6(8)7/h2-5,7H,1H3. The summed E-state index contributed by atoms with van der Waals surface area (Å²) in [5, 5.41) is 7.21. The minimum absolute atomic E-state index is 0.347. The third kappa shape index (κ3) is 1.10. The van der Waals surface area contributed by atoms with E-state index in [0.29, 0.717) is 5.49 Å². The number of aromatic nitrogens is 1. The first kappa shape index (κ1) is 5.88. The molecule has 3 nitrogen and oxygen atoms in total.